The highest BCUT2D eigenvalue weighted by atomic mass is 32.2. The first-order chi connectivity index (χ1) is 17.2. The van der Waals surface area contributed by atoms with Gasteiger partial charge < -0.3 is 14.2 Å². The second kappa shape index (κ2) is 10.9. The molecule has 0 unspecified atom stereocenters. The van der Waals surface area contributed by atoms with Crippen molar-refractivity contribution in [1.29, 1.82) is 0 Å². The Hall–Kier alpha value is -3.36. The molecule has 2 aromatic heterocycles. The summed E-state index contributed by atoms with van der Waals surface area (Å²) in [5.74, 6) is 2.20. The van der Waals surface area contributed by atoms with Gasteiger partial charge in [-0.25, -0.2) is 0 Å². The number of thioether (sulfide) groups is 1. The van der Waals surface area contributed by atoms with Gasteiger partial charge in [-0.1, -0.05) is 61.2 Å². The predicted molar refractivity (Wildman–Crippen MR) is 137 cm³/mol. The normalized spacial score (nSPS) is 14.4. The van der Waals surface area contributed by atoms with Crippen molar-refractivity contribution in [2.24, 2.45) is 0 Å². The molecule has 0 bridgehead atoms. The largest absolute Gasteiger partial charge is 0.461 e. The highest BCUT2D eigenvalue weighted by Crippen LogP contribution is 2.28. The number of likely N-dealkylation sites (N-methyl/N-ethyl adjacent to an activating group) is 1. The molecule has 0 radical (unpaired) electrons. The number of aromatic nitrogens is 3. The van der Waals surface area contributed by atoms with Crippen molar-refractivity contribution in [3.8, 4) is 11.6 Å². The summed E-state index contributed by atoms with van der Waals surface area (Å²) in [4.78, 5) is 17.4. The molecule has 0 spiro atoms. The van der Waals surface area contributed by atoms with Gasteiger partial charge in [0.05, 0.1) is 12.8 Å². The number of hydrogen-bond acceptors (Lipinski definition) is 6. The Kier molecular flexibility index (Phi) is 7.30. The van der Waals surface area contributed by atoms with Gasteiger partial charge in [-0.3, -0.25) is 9.36 Å². The lowest BCUT2D eigenvalue weighted by molar-refractivity contribution is 0.0643. The summed E-state index contributed by atoms with van der Waals surface area (Å²) >= 11 is 1.61. The maximum absolute atomic E-state index is 13.1. The van der Waals surface area contributed by atoms with E-state index < -0.39 is 0 Å². The summed E-state index contributed by atoms with van der Waals surface area (Å²) in [5, 5.41) is 9.70. The van der Waals surface area contributed by atoms with E-state index in [1.54, 1.807) is 18.0 Å². The monoisotopic (exact) mass is 487 g/mol. The molecule has 3 heterocycles. The summed E-state index contributed by atoms with van der Waals surface area (Å²) in [5.41, 5.74) is 3.00. The van der Waals surface area contributed by atoms with E-state index in [2.05, 4.69) is 44.8 Å². The van der Waals surface area contributed by atoms with Crippen molar-refractivity contribution in [2.75, 3.05) is 32.7 Å². The number of carbonyl (C=O) groups is 1. The zero-order valence-corrected chi connectivity index (χ0v) is 20.7. The minimum Gasteiger partial charge on any atom is -0.461 e. The summed E-state index contributed by atoms with van der Waals surface area (Å²) in [6.45, 7) is 7.28. The maximum atomic E-state index is 13.1. The molecule has 35 heavy (non-hydrogen) atoms. The van der Waals surface area contributed by atoms with Crippen LogP contribution in [-0.4, -0.2) is 63.2 Å². The molecule has 2 aromatic carbocycles. The van der Waals surface area contributed by atoms with Crippen LogP contribution in [0, 0.1) is 0 Å². The van der Waals surface area contributed by atoms with E-state index in [-0.39, 0.29) is 5.91 Å². The Labute approximate surface area is 209 Å². The molecule has 5 rings (SSSR count). The van der Waals surface area contributed by atoms with Crippen molar-refractivity contribution >= 4 is 17.7 Å². The van der Waals surface area contributed by atoms with Gasteiger partial charge in [0.1, 0.15) is 0 Å². The van der Waals surface area contributed by atoms with Gasteiger partial charge in [0, 0.05) is 37.5 Å². The van der Waals surface area contributed by atoms with Crippen LogP contribution in [0.25, 0.3) is 11.6 Å². The van der Waals surface area contributed by atoms with E-state index in [9.17, 15) is 4.79 Å². The number of benzene rings is 2. The molecule has 7 nitrogen and oxygen atoms in total. The highest BCUT2D eigenvalue weighted by molar-refractivity contribution is 7.98. The second-order valence-corrected chi connectivity index (χ2v) is 9.51. The smallest absolute Gasteiger partial charge is 0.253 e. The molecule has 1 aliphatic rings. The zero-order valence-electron chi connectivity index (χ0n) is 19.8. The van der Waals surface area contributed by atoms with Gasteiger partial charge >= 0.3 is 0 Å². The third-order valence-corrected chi connectivity index (χ3v) is 7.33. The summed E-state index contributed by atoms with van der Waals surface area (Å²) in [6.07, 6.45) is 1.65. The average Bonchev–Trinajstić information content (AvgIpc) is 3.58. The number of furan rings is 1. The molecule has 8 heteroatoms. The fourth-order valence-electron chi connectivity index (χ4n) is 4.28. The number of rotatable bonds is 8. The van der Waals surface area contributed by atoms with Gasteiger partial charge in [-0.05, 0) is 41.9 Å². The molecular weight excluding hydrogens is 458 g/mol. The van der Waals surface area contributed by atoms with Crippen LogP contribution in [0.4, 0.5) is 0 Å². The molecular formula is C27H29N5O2S. The quantitative estimate of drug-likeness (QED) is 0.337. The molecule has 4 aromatic rings. The first-order valence-electron chi connectivity index (χ1n) is 12.0. The first-order valence-corrected chi connectivity index (χ1v) is 12.9. The molecule has 0 atom stereocenters. The lowest BCUT2D eigenvalue weighted by Gasteiger charge is -2.34. The average molecular weight is 488 g/mol. The van der Waals surface area contributed by atoms with Crippen LogP contribution in [0.5, 0.6) is 0 Å². The minimum absolute atomic E-state index is 0.111. The van der Waals surface area contributed by atoms with Crippen molar-refractivity contribution in [3.05, 3.63) is 89.7 Å². The molecule has 0 saturated carbocycles. The first kappa shape index (κ1) is 23.4. The van der Waals surface area contributed by atoms with E-state index in [1.807, 2.05) is 53.4 Å². The van der Waals surface area contributed by atoms with Gasteiger partial charge in [0.25, 0.3) is 5.91 Å². The van der Waals surface area contributed by atoms with Gasteiger partial charge in [0.15, 0.2) is 10.9 Å². The summed E-state index contributed by atoms with van der Waals surface area (Å²) in [6, 6.07) is 22.0. The maximum Gasteiger partial charge on any atom is 0.253 e. The Morgan fingerprint density at radius 3 is 2.49 bits per heavy atom. The Morgan fingerprint density at radius 2 is 1.74 bits per heavy atom. The van der Waals surface area contributed by atoms with E-state index in [0.29, 0.717) is 23.9 Å². The molecule has 0 N–H and O–H groups in total. The van der Waals surface area contributed by atoms with Crippen LogP contribution >= 0.6 is 11.8 Å². The van der Waals surface area contributed by atoms with Crippen LogP contribution < -0.4 is 0 Å². The molecule has 1 aliphatic heterocycles. The van der Waals surface area contributed by atoms with Crippen molar-refractivity contribution in [2.45, 2.75) is 24.4 Å². The number of piperazine rings is 1. The standard InChI is InChI=1S/C27H29N5O2S/c1-2-30-13-15-31(16-14-30)26(33)23-11-6-10-22(18-23)20-35-27-29-28-25(24-12-7-17-34-24)32(27)19-21-8-4-3-5-9-21/h3-12,17-18H,2,13-16,19-20H2,1H3. The zero-order chi connectivity index (χ0) is 24.0. The number of nitrogens with zero attached hydrogens (tertiary/aromatic N) is 5. The molecule has 180 valence electrons. The topological polar surface area (TPSA) is 67.4 Å². The lowest BCUT2D eigenvalue weighted by atomic mass is 10.1. The SMILES string of the molecule is CCN1CCN(C(=O)c2cccc(CSc3nnc(-c4ccco4)n3Cc3ccccc3)c2)CC1. The Balaban J connectivity index is 1.31. The fraction of sp³-hybridized carbons (Fsp3) is 0.296. The van der Waals surface area contributed by atoms with Crippen LogP contribution in [0.15, 0.2) is 82.6 Å². The molecule has 1 fully saturated rings. The summed E-state index contributed by atoms with van der Waals surface area (Å²) < 4.78 is 7.69. The third-order valence-electron chi connectivity index (χ3n) is 6.29. The lowest BCUT2D eigenvalue weighted by Crippen LogP contribution is -2.48. The second-order valence-electron chi connectivity index (χ2n) is 8.57. The Morgan fingerprint density at radius 1 is 0.943 bits per heavy atom. The van der Waals surface area contributed by atoms with E-state index in [0.717, 1.165) is 54.6 Å². The number of carbonyl (C=O) groups excluding carboxylic acids is 1. The molecule has 1 amide bonds. The van der Waals surface area contributed by atoms with Crippen molar-refractivity contribution in [1.82, 2.24) is 24.6 Å². The molecule has 1 saturated heterocycles. The van der Waals surface area contributed by atoms with E-state index in [1.165, 1.54) is 0 Å². The predicted octanol–water partition coefficient (Wildman–Crippen LogP) is 4.66. The number of hydrogen-bond donors (Lipinski definition) is 0. The van der Waals surface area contributed by atoms with Gasteiger partial charge in [-0.2, -0.15) is 0 Å². The number of amides is 1. The van der Waals surface area contributed by atoms with E-state index in [4.69, 9.17) is 4.42 Å². The van der Waals surface area contributed by atoms with Crippen LogP contribution in [-0.2, 0) is 12.3 Å². The highest BCUT2D eigenvalue weighted by Gasteiger charge is 2.22. The Bertz CT molecular complexity index is 1250. The van der Waals surface area contributed by atoms with Gasteiger partial charge in [0.2, 0.25) is 5.82 Å². The molecule has 0 aliphatic carbocycles. The van der Waals surface area contributed by atoms with E-state index >= 15 is 0 Å². The van der Waals surface area contributed by atoms with Crippen LogP contribution in [0.1, 0.15) is 28.4 Å². The third kappa shape index (κ3) is 5.49. The van der Waals surface area contributed by atoms with Gasteiger partial charge in [-0.15, -0.1) is 10.2 Å². The van der Waals surface area contributed by atoms with Crippen LogP contribution in [0.3, 0.4) is 0 Å². The van der Waals surface area contributed by atoms with Crippen molar-refractivity contribution in [3.63, 3.8) is 0 Å². The fourth-order valence-corrected chi connectivity index (χ4v) is 5.16. The summed E-state index contributed by atoms with van der Waals surface area (Å²) in [7, 11) is 0. The minimum atomic E-state index is 0.111. The van der Waals surface area contributed by atoms with Crippen molar-refractivity contribution < 1.29 is 9.21 Å². The van der Waals surface area contributed by atoms with Crippen LogP contribution in [0.2, 0.25) is 0 Å².